The fraction of sp³-hybridized carbons (Fsp3) is 0. The van der Waals surface area contributed by atoms with E-state index in [9.17, 15) is 9.59 Å². The first-order valence-electron chi connectivity index (χ1n) is 3.18. The van der Waals surface area contributed by atoms with Gasteiger partial charge < -0.3 is 10.2 Å². The van der Waals surface area contributed by atoms with Gasteiger partial charge in [-0.25, -0.2) is 9.59 Å². The summed E-state index contributed by atoms with van der Waals surface area (Å²) in [6, 6.07) is 5.02. The van der Waals surface area contributed by atoms with Crippen molar-refractivity contribution in [2.75, 3.05) is 0 Å². The van der Waals surface area contributed by atoms with E-state index in [1.165, 1.54) is 24.3 Å². The van der Waals surface area contributed by atoms with Gasteiger partial charge in [0, 0.05) is 19.5 Å². The van der Waals surface area contributed by atoms with Crippen LogP contribution < -0.4 is 0 Å². The molecule has 0 amide bonds. The number of aromatic carboxylic acids is 2. The van der Waals surface area contributed by atoms with Gasteiger partial charge in [-0.2, -0.15) is 0 Å². The van der Waals surface area contributed by atoms with E-state index in [1.807, 2.05) is 0 Å². The molecule has 5 heteroatoms. The third-order valence-electron chi connectivity index (χ3n) is 1.38. The van der Waals surface area contributed by atoms with Gasteiger partial charge in [-0.1, -0.05) is 0 Å². The zero-order valence-corrected chi connectivity index (χ0v) is 7.99. The Balaban J connectivity index is 0.00000144. The molecule has 0 aromatic heterocycles. The molecule has 0 bridgehead atoms. The Bertz CT molecular complexity index is 284. The van der Waals surface area contributed by atoms with Crippen LogP contribution in [-0.2, 0) is 19.5 Å². The zero-order chi connectivity index (χ0) is 9.14. The number of benzene rings is 1. The Kier molecular flexibility index (Phi) is 4.28. The Morgan fingerprint density at radius 1 is 0.846 bits per heavy atom. The van der Waals surface area contributed by atoms with Crippen molar-refractivity contribution in [2.24, 2.45) is 0 Å². The molecular formula is C8H6O4Rh. The van der Waals surface area contributed by atoms with E-state index >= 15 is 0 Å². The summed E-state index contributed by atoms with van der Waals surface area (Å²) in [5, 5.41) is 16.9. The molecule has 0 atom stereocenters. The maximum absolute atomic E-state index is 10.3. The Morgan fingerprint density at radius 3 is 1.23 bits per heavy atom. The van der Waals surface area contributed by atoms with Crippen LogP contribution in [0.2, 0.25) is 0 Å². The molecule has 4 nitrogen and oxygen atoms in total. The molecule has 0 heterocycles. The summed E-state index contributed by atoms with van der Waals surface area (Å²) in [5.41, 5.74) is 0.167. The molecule has 0 unspecified atom stereocenters. The van der Waals surface area contributed by atoms with E-state index in [-0.39, 0.29) is 30.6 Å². The molecule has 2 N–H and O–H groups in total. The number of carboxylic acid groups (broad SMARTS) is 2. The van der Waals surface area contributed by atoms with Crippen LogP contribution in [0.5, 0.6) is 0 Å². The van der Waals surface area contributed by atoms with Crippen molar-refractivity contribution in [3.05, 3.63) is 35.4 Å². The molecule has 0 aliphatic carbocycles. The number of carboxylic acids is 2. The van der Waals surface area contributed by atoms with Crippen LogP contribution in [0.3, 0.4) is 0 Å². The van der Waals surface area contributed by atoms with Crippen LogP contribution in [-0.4, -0.2) is 22.2 Å². The Hall–Kier alpha value is -1.22. The van der Waals surface area contributed by atoms with Gasteiger partial charge in [-0.15, -0.1) is 0 Å². The van der Waals surface area contributed by atoms with Crippen LogP contribution in [0.4, 0.5) is 0 Å². The maximum atomic E-state index is 10.3. The average molecular weight is 269 g/mol. The average Bonchev–Trinajstić information content (AvgIpc) is 2.04. The first-order valence-corrected chi connectivity index (χ1v) is 3.18. The second-order valence-electron chi connectivity index (χ2n) is 2.19. The summed E-state index contributed by atoms with van der Waals surface area (Å²) in [6.07, 6.45) is 0. The van der Waals surface area contributed by atoms with Crippen molar-refractivity contribution in [1.82, 2.24) is 0 Å². The second kappa shape index (κ2) is 4.72. The molecule has 0 saturated heterocycles. The second-order valence-corrected chi connectivity index (χ2v) is 2.19. The van der Waals surface area contributed by atoms with Crippen LogP contribution in [0.25, 0.3) is 0 Å². The number of hydrogen-bond donors (Lipinski definition) is 2. The largest absolute Gasteiger partial charge is 0.478 e. The predicted molar refractivity (Wildman–Crippen MR) is 40.4 cm³/mol. The molecule has 1 aromatic carbocycles. The first-order chi connectivity index (χ1) is 5.61. The van der Waals surface area contributed by atoms with E-state index in [4.69, 9.17) is 10.2 Å². The van der Waals surface area contributed by atoms with Gasteiger partial charge in [0.25, 0.3) is 0 Å². The van der Waals surface area contributed by atoms with E-state index in [0.29, 0.717) is 0 Å². The number of rotatable bonds is 2. The quantitative estimate of drug-likeness (QED) is 0.788. The standard InChI is InChI=1S/C8H6O4.Rh/c9-7(10)5-1-2-6(4-3-5)8(11)12;/h1-4H,(H,9,10)(H,11,12);. The van der Waals surface area contributed by atoms with Gasteiger partial charge in [-0.3, -0.25) is 0 Å². The molecule has 1 rings (SSSR count). The van der Waals surface area contributed by atoms with Crippen LogP contribution in [0.15, 0.2) is 24.3 Å². The fourth-order valence-electron chi connectivity index (χ4n) is 0.755. The number of carbonyl (C=O) groups is 2. The molecule has 13 heavy (non-hydrogen) atoms. The van der Waals surface area contributed by atoms with Crippen molar-refractivity contribution in [2.45, 2.75) is 0 Å². The normalized spacial score (nSPS) is 8.62. The van der Waals surface area contributed by atoms with Crippen LogP contribution in [0.1, 0.15) is 20.7 Å². The summed E-state index contributed by atoms with van der Waals surface area (Å²) < 4.78 is 0. The van der Waals surface area contributed by atoms with Crippen molar-refractivity contribution >= 4 is 11.9 Å². The van der Waals surface area contributed by atoms with Gasteiger partial charge in [0.2, 0.25) is 0 Å². The minimum atomic E-state index is -1.06. The van der Waals surface area contributed by atoms with Crippen LogP contribution >= 0.6 is 0 Å². The molecule has 1 aromatic rings. The fourth-order valence-corrected chi connectivity index (χ4v) is 0.755. The van der Waals surface area contributed by atoms with E-state index in [2.05, 4.69) is 0 Å². The molecule has 0 spiro atoms. The molecular weight excluding hydrogens is 263 g/mol. The van der Waals surface area contributed by atoms with E-state index in [0.717, 1.165) is 0 Å². The van der Waals surface area contributed by atoms with Gasteiger partial charge in [0.05, 0.1) is 11.1 Å². The summed E-state index contributed by atoms with van der Waals surface area (Å²) in [5.74, 6) is -2.13. The molecule has 71 valence electrons. The van der Waals surface area contributed by atoms with Crippen molar-refractivity contribution in [3.8, 4) is 0 Å². The summed E-state index contributed by atoms with van der Waals surface area (Å²) in [4.78, 5) is 20.7. The summed E-state index contributed by atoms with van der Waals surface area (Å²) in [7, 11) is 0. The van der Waals surface area contributed by atoms with Crippen LogP contribution in [0, 0.1) is 0 Å². The number of hydrogen-bond acceptors (Lipinski definition) is 2. The van der Waals surface area contributed by atoms with E-state index in [1.54, 1.807) is 0 Å². The molecule has 0 aliphatic rings. The SMILES string of the molecule is O=C(O)c1ccc(C(=O)O)cc1.[Rh]. The monoisotopic (exact) mass is 269 g/mol. The van der Waals surface area contributed by atoms with E-state index < -0.39 is 11.9 Å². The van der Waals surface area contributed by atoms with Gasteiger partial charge in [0.1, 0.15) is 0 Å². The predicted octanol–water partition coefficient (Wildman–Crippen LogP) is 1.08. The van der Waals surface area contributed by atoms with Crippen molar-refractivity contribution in [3.63, 3.8) is 0 Å². The molecule has 0 saturated carbocycles. The Morgan fingerprint density at radius 2 is 1.08 bits per heavy atom. The minimum Gasteiger partial charge on any atom is -0.478 e. The summed E-state index contributed by atoms with van der Waals surface area (Å²) in [6.45, 7) is 0. The van der Waals surface area contributed by atoms with Gasteiger partial charge in [-0.05, 0) is 24.3 Å². The molecule has 1 radical (unpaired) electrons. The van der Waals surface area contributed by atoms with Crippen molar-refractivity contribution in [1.29, 1.82) is 0 Å². The van der Waals surface area contributed by atoms with Crippen molar-refractivity contribution < 1.29 is 39.3 Å². The third kappa shape index (κ3) is 2.95. The zero-order valence-electron chi connectivity index (χ0n) is 6.35. The third-order valence-corrected chi connectivity index (χ3v) is 1.38. The smallest absolute Gasteiger partial charge is 0.335 e. The molecule has 0 fully saturated rings. The minimum absolute atomic E-state index is 0. The molecule has 0 aliphatic heterocycles. The topological polar surface area (TPSA) is 74.6 Å². The van der Waals surface area contributed by atoms with Gasteiger partial charge >= 0.3 is 11.9 Å². The maximum Gasteiger partial charge on any atom is 0.335 e. The van der Waals surface area contributed by atoms with Gasteiger partial charge in [0.15, 0.2) is 0 Å². The Labute approximate surface area is 87.0 Å². The first kappa shape index (κ1) is 11.8. The summed E-state index contributed by atoms with van der Waals surface area (Å²) >= 11 is 0.